The molecule has 7 heteroatoms. The Bertz CT molecular complexity index is 677. The summed E-state index contributed by atoms with van der Waals surface area (Å²) in [5, 5.41) is 11.3. The number of rotatable bonds is 4. The van der Waals surface area contributed by atoms with Crippen LogP contribution in [0.25, 0.3) is 0 Å². The number of hydrogen-bond donors (Lipinski definition) is 3. The SMILES string of the molecule is CNSc1c[nH]c(C(=O)Nc2ccc(F)c(C#N)c2)c1. The summed E-state index contributed by atoms with van der Waals surface area (Å²) in [6, 6.07) is 7.25. The highest BCUT2D eigenvalue weighted by molar-refractivity contribution is 7.97. The van der Waals surface area contributed by atoms with Gasteiger partial charge in [0.1, 0.15) is 17.6 Å². The molecule has 5 nitrogen and oxygen atoms in total. The van der Waals surface area contributed by atoms with Gasteiger partial charge in [-0.15, -0.1) is 0 Å². The summed E-state index contributed by atoms with van der Waals surface area (Å²) in [6.07, 6.45) is 1.70. The van der Waals surface area contributed by atoms with E-state index in [1.54, 1.807) is 25.4 Å². The minimum Gasteiger partial charge on any atom is -0.356 e. The van der Waals surface area contributed by atoms with Gasteiger partial charge in [-0.2, -0.15) is 5.26 Å². The molecule has 1 aromatic carbocycles. The fraction of sp³-hybridized carbons (Fsp3) is 0.0769. The van der Waals surface area contributed by atoms with Crippen molar-refractivity contribution < 1.29 is 9.18 Å². The zero-order valence-electron chi connectivity index (χ0n) is 10.5. The van der Waals surface area contributed by atoms with Crippen LogP contribution in [0.3, 0.4) is 0 Å². The van der Waals surface area contributed by atoms with Crippen molar-refractivity contribution in [2.75, 3.05) is 12.4 Å². The first-order valence-corrected chi connectivity index (χ1v) is 6.48. The van der Waals surface area contributed by atoms with Crippen molar-refractivity contribution in [2.24, 2.45) is 0 Å². The Morgan fingerprint density at radius 1 is 1.45 bits per heavy atom. The smallest absolute Gasteiger partial charge is 0.272 e. The summed E-state index contributed by atoms with van der Waals surface area (Å²) >= 11 is 1.37. The fourth-order valence-corrected chi connectivity index (χ4v) is 2.10. The standard InChI is InChI=1S/C13H11FN4OS/c1-16-20-10-5-12(17-7-10)13(19)18-9-2-3-11(14)8(4-9)6-15/h2-5,7,16-17H,1H3,(H,18,19). The molecule has 0 saturated heterocycles. The molecule has 1 aromatic heterocycles. The molecule has 3 N–H and O–H groups in total. The van der Waals surface area contributed by atoms with Crippen LogP contribution in [0.2, 0.25) is 0 Å². The second kappa shape index (κ2) is 6.23. The third kappa shape index (κ3) is 3.17. The van der Waals surface area contributed by atoms with Crippen LogP contribution in [0.15, 0.2) is 35.4 Å². The number of nitrogens with zero attached hydrogens (tertiary/aromatic N) is 1. The number of aromatic nitrogens is 1. The Labute approximate surface area is 119 Å². The summed E-state index contributed by atoms with van der Waals surface area (Å²) in [5.74, 6) is -0.971. The zero-order valence-corrected chi connectivity index (χ0v) is 11.3. The molecule has 1 amide bonds. The van der Waals surface area contributed by atoms with Crippen molar-refractivity contribution in [1.29, 1.82) is 5.26 Å². The second-order valence-corrected chi connectivity index (χ2v) is 4.90. The van der Waals surface area contributed by atoms with E-state index in [2.05, 4.69) is 15.0 Å². The van der Waals surface area contributed by atoms with Crippen molar-refractivity contribution in [3.05, 3.63) is 47.5 Å². The molecule has 1 heterocycles. The van der Waals surface area contributed by atoms with Crippen molar-refractivity contribution in [3.63, 3.8) is 0 Å². The molecule has 0 spiro atoms. The minimum atomic E-state index is -0.613. The lowest BCUT2D eigenvalue weighted by Crippen LogP contribution is -2.12. The van der Waals surface area contributed by atoms with Crippen LogP contribution in [0.1, 0.15) is 16.1 Å². The Morgan fingerprint density at radius 2 is 2.25 bits per heavy atom. The quantitative estimate of drug-likeness (QED) is 0.756. The topological polar surface area (TPSA) is 80.7 Å². The first-order chi connectivity index (χ1) is 9.63. The van der Waals surface area contributed by atoms with Crippen LogP contribution >= 0.6 is 11.9 Å². The number of amides is 1. The van der Waals surface area contributed by atoms with E-state index < -0.39 is 5.82 Å². The third-order valence-corrected chi connectivity index (χ3v) is 3.14. The number of carbonyl (C=O) groups excluding carboxylic acids is 1. The molecule has 20 heavy (non-hydrogen) atoms. The predicted molar refractivity (Wildman–Crippen MR) is 74.8 cm³/mol. The van der Waals surface area contributed by atoms with Crippen LogP contribution < -0.4 is 10.0 Å². The van der Waals surface area contributed by atoms with Crippen LogP contribution in [-0.2, 0) is 0 Å². The molecule has 0 atom stereocenters. The molecule has 0 bridgehead atoms. The molecular formula is C13H11FN4OS. The van der Waals surface area contributed by atoms with E-state index in [1.165, 1.54) is 24.1 Å². The van der Waals surface area contributed by atoms with E-state index in [0.717, 1.165) is 11.0 Å². The summed E-state index contributed by atoms with van der Waals surface area (Å²) in [5.41, 5.74) is 0.636. The van der Waals surface area contributed by atoms with E-state index in [-0.39, 0.29) is 11.5 Å². The van der Waals surface area contributed by atoms with Crippen molar-refractivity contribution in [3.8, 4) is 6.07 Å². The lowest BCUT2D eigenvalue weighted by Gasteiger charge is -2.04. The number of anilines is 1. The highest BCUT2D eigenvalue weighted by Gasteiger charge is 2.10. The number of benzene rings is 1. The number of hydrogen-bond acceptors (Lipinski definition) is 4. The van der Waals surface area contributed by atoms with Gasteiger partial charge in [-0.3, -0.25) is 9.52 Å². The average molecular weight is 290 g/mol. The second-order valence-electron chi connectivity index (χ2n) is 3.82. The maximum atomic E-state index is 13.2. The number of carbonyl (C=O) groups is 1. The molecule has 2 aromatic rings. The molecule has 0 saturated carbocycles. The highest BCUT2D eigenvalue weighted by atomic mass is 32.2. The molecule has 0 unspecified atom stereocenters. The van der Waals surface area contributed by atoms with Gasteiger partial charge in [-0.05, 0) is 43.3 Å². The Hall–Kier alpha value is -2.30. The molecule has 2 rings (SSSR count). The van der Waals surface area contributed by atoms with Gasteiger partial charge in [-0.1, -0.05) is 0 Å². The van der Waals surface area contributed by atoms with E-state index in [4.69, 9.17) is 5.26 Å². The van der Waals surface area contributed by atoms with Crippen molar-refractivity contribution in [1.82, 2.24) is 9.71 Å². The first kappa shape index (κ1) is 14.1. The zero-order chi connectivity index (χ0) is 14.5. The number of aromatic amines is 1. The van der Waals surface area contributed by atoms with E-state index >= 15 is 0 Å². The van der Waals surface area contributed by atoms with Crippen LogP contribution in [0.5, 0.6) is 0 Å². The Balaban J connectivity index is 2.13. The lowest BCUT2D eigenvalue weighted by molar-refractivity contribution is 0.102. The largest absolute Gasteiger partial charge is 0.356 e. The van der Waals surface area contributed by atoms with Crippen LogP contribution in [0, 0.1) is 17.1 Å². The van der Waals surface area contributed by atoms with Crippen molar-refractivity contribution in [2.45, 2.75) is 4.90 Å². The van der Waals surface area contributed by atoms with Crippen LogP contribution in [-0.4, -0.2) is 17.9 Å². The fourth-order valence-electron chi connectivity index (χ4n) is 1.57. The van der Waals surface area contributed by atoms with Crippen LogP contribution in [0.4, 0.5) is 10.1 Å². The predicted octanol–water partition coefficient (Wildman–Crippen LogP) is 2.50. The maximum absolute atomic E-state index is 13.2. The molecule has 0 aliphatic heterocycles. The molecule has 0 aliphatic carbocycles. The number of halogens is 1. The normalized spacial score (nSPS) is 10.1. The van der Waals surface area contributed by atoms with E-state index in [1.807, 2.05) is 0 Å². The lowest BCUT2D eigenvalue weighted by atomic mass is 10.2. The molecule has 0 fully saturated rings. The molecular weight excluding hydrogens is 279 g/mol. The summed E-state index contributed by atoms with van der Waals surface area (Å²) in [4.78, 5) is 15.7. The van der Waals surface area contributed by atoms with E-state index in [9.17, 15) is 9.18 Å². The van der Waals surface area contributed by atoms with Gasteiger partial charge in [0.15, 0.2) is 0 Å². The first-order valence-electron chi connectivity index (χ1n) is 5.67. The Morgan fingerprint density at radius 3 is 2.95 bits per heavy atom. The van der Waals surface area contributed by atoms with Gasteiger partial charge >= 0.3 is 0 Å². The maximum Gasteiger partial charge on any atom is 0.272 e. The highest BCUT2D eigenvalue weighted by Crippen LogP contribution is 2.17. The minimum absolute atomic E-state index is 0.110. The van der Waals surface area contributed by atoms with Gasteiger partial charge in [0.25, 0.3) is 5.91 Å². The number of nitrogens with one attached hydrogen (secondary N) is 3. The summed E-state index contributed by atoms with van der Waals surface area (Å²) in [7, 11) is 1.78. The molecule has 0 radical (unpaired) electrons. The van der Waals surface area contributed by atoms with Gasteiger partial charge in [-0.25, -0.2) is 4.39 Å². The Kier molecular flexibility index (Phi) is 4.40. The summed E-state index contributed by atoms with van der Waals surface area (Å²) < 4.78 is 16.1. The van der Waals surface area contributed by atoms with Gasteiger partial charge in [0.2, 0.25) is 0 Å². The average Bonchev–Trinajstić information content (AvgIpc) is 2.90. The van der Waals surface area contributed by atoms with Gasteiger partial charge < -0.3 is 10.3 Å². The number of nitriles is 1. The third-order valence-electron chi connectivity index (χ3n) is 2.47. The van der Waals surface area contributed by atoms with Gasteiger partial charge in [0.05, 0.1) is 5.56 Å². The molecule has 102 valence electrons. The van der Waals surface area contributed by atoms with Gasteiger partial charge in [0, 0.05) is 16.8 Å². The monoisotopic (exact) mass is 290 g/mol. The molecule has 0 aliphatic rings. The number of H-pyrrole nitrogens is 1. The van der Waals surface area contributed by atoms with Crippen molar-refractivity contribution >= 4 is 23.5 Å². The summed E-state index contributed by atoms with van der Waals surface area (Å²) in [6.45, 7) is 0. The van der Waals surface area contributed by atoms with E-state index in [0.29, 0.717) is 11.4 Å².